The third kappa shape index (κ3) is 4.27. The second-order valence-electron chi connectivity index (χ2n) is 10.7. The molecule has 186 valence electrons. The number of aliphatic hydroxyl groups excluding tert-OH is 1. The van der Waals surface area contributed by atoms with Gasteiger partial charge >= 0.3 is 12.2 Å². The van der Waals surface area contributed by atoms with Gasteiger partial charge in [-0.25, -0.2) is 14.9 Å². The van der Waals surface area contributed by atoms with Crippen LogP contribution in [0.4, 0.5) is 9.59 Å². The summed E-state index contributed by atoms with van der Waals surface area (Å²) in [6, 6.07) is 0. The molecule has 3 aliphatic carbocycles. The monoisotopic (exact) mass is 483 g/mol. The highest BCUT2D eigenvalue weighted by Gasteiger charge is 2.68. The standard InChI is InChI=1S/C24H37NO7S/c1-7-22(4)12-17(32-21(29)25-20(28)31-13-33(6)30)23(5)14(2)8-10-24(15(3)19(22)27)11-9-16(26)18(23)24/h7,14-15,17-19,27H,1,8-13H2,2-6H3,(H,25,28,29)/t14-,15+,17-,18+,19+,22-,23+,24+,33?/m1/s1. The van der Waals surface area contributed by atoms with Gasteiger partial charge in [-0.3, -0.25) is 9.00 Å². The number of Topliss-reactive ketones (excluding diaryl/α,β-unsaturated/α-hetero) is 1. The van der Waals surface area contributed by atoms with Gasteiger partial charge in [-0.2, -0.15) is 0 Å². The van der Waals surface area contributed by atoms with E-state index in [1.807, 2.05) is 26.1 Å². The number of amides is 2. The summed E-state index contributed by atoms with van der Waals surface area (Å²) in [5.74, 6) is -0.566. The van der Waals surface area contributed by atoms with Gasteiger partial charge in [0.15, 0.2) is 5.94 Å². The number of carbonyl (C=O) groups excluding carboxylic acids is 3. The second kappa shape index (κ2) is 9.13. The number of ether oxygens (including phenoxy) is 2. The van der Waals surface area contributed by atoms with Gasteiger partial charge in [-0.05, 0) is 42.9 Å². The van der Waals surface area contributed by atoms with Crippen molar-refractivity contribution < 1.29 is 33.2 Å². The van der Waals surface area contributed by atoms with E-state index in [9.17, 15) is 23.7 Å². The van der Waals surface area contributed by atoms with E-state index >= 15 is 0 Å². The van der Waals surface area contributed by atoms with Crippen LogP contribution in [0.15, 0.2) is 12.7 Å². The largest absolute Gasteiger partial charge is 0.445 e. The van der Waals surface area contributed by atoms with Crippen LogP contribution in [0.5, 0.6) is 0 Å². The normalized spacial score (nSPS) is 43.5. The van der Waals surface area contributed by atoms with Gasteiger partial charge in [0.1, 0.15) is 11.9 Å². The van der Waals surface area contributed by atoms with Crippen LogP contribution in [0.3, 0.4) is 0 Å². The Morgan fingerprint density at radius 2 is 1.94 bits per heavy atom. The van der Waals surface area contributed by atoms with Gasteiger partial charge in [0.25, 0.3) is 0 Å². The van der Waals surface area contributed by atoms with E-state index in [-0.39, 0.29) is 41.3 Å². The predicted octanol–water partition coefficient (Wildman–Crippen LogP) is 3.55. The Hall–Kier alpha value is -1.74. The Bertz CT molecular complexity index is 862. The van der Waals surface area contributed by atoms with Crippen molar-refractivity contribution in [3.05, 3.63) is 12.7 Å². The smallest absolute Gasteiger partial charge is 0.417 e. The minimum atomic E-state index is -1.36. The zero-order valence-electron chi connectivity index (χ0n) is 20.2. The van der Waals surface area contributed by atoms with Gasteiger partial charge in [-0.1, -0.05) is 33.8 Å². The molecule has 8 nitrogen and oxygen atoms in total. The van der Waals surface area contributed by atoms with E-state index in [0.717, 1.165) is 12.8 Å². The lowest BCUT2D eigenvalue weighted by Crippen LogP contribution is -2.63. The number of hydrogen-bond donors (Lipinski definition) is 2. The highest BCUT2D eigenvalue weighted by molar-refractivity contribution is 7.84. The summed E-state index contributed by atoms with van der Waals surface area (Å²) < 4.78 is 21.8. The summed E-state index contributed by atoms with van der Waals surface area (Å²) in [6.07, 6.45) is 2.67. The molecule has 0 spiro atoms. The van der Waals surface area contributed by atoms with E-state index in [4.69, 9.17) is 9.47 Å². The molecule has 0 heterocycles. The Kier molecular flexibility index (Phi) is 7.16. The molecule has 0 aromatic rings. The van der Waals surface area contributed by atoms with Crippen molar-refractivity contribution >= 4 is 28.8 Å². The molecule has 0 aliphatic heterocycles. The Balaban J connectivity index is 1.99. The topological polar surface area (TPSA) is 119 Å². The molecule has 2 N–H and O–H groups in total. The first-order chi connectivity index (χ1) is 15.3. The van der Waals surface area contributed by atoms with Crippen LogP contribution in [0.2, 0.25) is 0 Å². The lowest BCUT2D eigenvalue weighted by molar-refractivity contribution is -0.191. The SMILES string of the molecule is C=C[C@]1(C)C[C@@H](OC(=O)NC(=O)OCS(C)=O)[C@]2(C)[C@H](C)CC[C@]3(CCC(=O)[C@H]32)[C@@H](C)[C@@H]1O. The summed E-state index contributed by atoms with van der Waals surface area (Å²) >= 11 is 0. The first-order valence-corrected chi connectivity index (χ1v) is 13.3. The van der Waals surface area contributed by atoms with Crippen molar-refractivity contribution in [3.8, 4) is 0 Å². The summed E-state index contributed by atoms with van der Waals surface area (Å²) in [5.41, 5.74) is -1.80. The van der Waals surface area contributed by atoms with Crippen LogP contribution in [0.1, 0.15) is 59.8 Å². The van der Waals surface area contributed by atoms with Crippen LogP contribution in [0, 0.1) is 34.0 Å². The Morgan fingerprint density at radius 3 is 2.55 bits per heavy atom. The third-order valence-corrected chi connectivity index (χ3v) is 9.56. The third-order valence-electron chi connectivity index (χ3n) is 9.11. The maximum absolute atomic E-state index is 13.3. The molecule has 3 saturated carbocycles. The Labute approximate surface area is 198 Å². The van der Waals surface area contributed by atoms with Crippen molar-refractivity contribution in [2.24, 2.45) is 34.0 Å². The van der Waals surface area contributed by atoms with Gasteiger partial charge in [0.05, 0.1) is 16.9 Å². The van der Waals surface area contributed by atoms with E-state index in [2.05, 4.69) is 13.5 Å². The zero-order valence-corrected chi connectivity index (χ0v) is 21.0. The molecule has 0 saturated heterocycles. The molecular weight excluding hydrogens is 446 g/mol. The average Bonchev–Trinajstić information content (AvgIpc) is 3.11. The summed E-state index contributed by atoms with van der Waals surface area (Å²) in [4.78, 5) is 37.9. The van der Waals surface area contributed by atoms with Gasteiger partial charge in [0, 0.05) is 29.4 Å². The molecule has 33 heavy (non-hydrogen) atoms. The minimum absolute atomic E-state index is 0.0847. The van der Waals surface area contributed by atoms with Crippen molar-refractivity contribution in [1.82, 2.24) is 5.32 Å². The zero-order chi connectivity index (χ0) is 24.8. The first kappa shape index (κ1) is 25.9. The molecule has 0 aromatic carbocycles. The van der Waals surface area contributed by atoms with Crippen LogP contribution in [-0.4, -0.2) is 51.7 Å². The van der Waals surface area contributed by atoms with Crippen molar-refractivity contribution in [1.29, 1.82) is 0 Å². The number of aliphatic hydroxyl groups is 1. The molecule has 0 aromatic heterocycles. The molecule has 2 amide bonds. The van der Waals surface area contributed by atoms with Crippen molar-refractivity contribution in [2.45, 2.75) is 72.0 Å². The molecular formula is C24H37NO7S. The lowest BCUT2D eigenvalue weighted by atomic mass is 9.44. The Morgan fingerprint density at radius 1 is 1.27 bits per heavy atom. The fourth-order valence-corrected chi connectivity index (χ4v) is 7.19. The summed E-state index contributed by atoms with van der Waals surface area (Å²) in [7, 11) is -1.36. The first-order valence-electron chi connectivity index (χ1n) is 11.6. The molecule has 0 radical (unpaired) electrons. The van der Waals surface area contributed by atoms with E-state index in [0.29, 0.717) is 12.8 Å². The number of alkyl carbamates (subject to hydrolysis) is 2. The molecule has 2 bridgehead atoms. The van der Waals surface area contributed by atoms with Crippen LogP contribution in [-0.2, 0) is 25.1 Å². The molecule has 1 unspecified atom stereocenters. The van der Waals surface area contributed by atoms with Gasteiger partial charge in [0.2, 0.25) is 0 Å². The molecule has 3 aliphatic rings. The molecule has 3 fully saturated rings. The number of ketones is 1. The average molecular weight is 484 g/mol. The predicted molar refractivity (Wildman–Crippen MR) is 124 cm³/mol. The van der Waals surface area contributed by atoms with Crippen molar-refractivity contribution in [3.63, 3.8) is 0 Å². The molecule has 9 atom stereocenters. The molecule has 9 heteroatoms. The fourth-order valence-electron chi connectivity index (χ4n) is 6.92. The van der Waals surface area contributed by atoms with E-state index in [1.54, 1.807) is 6.08 Å². The number of carbonyl (C=O) groups is 3. The second-order valence-corrected chi connectivity index (χ2v) is 12.1. The van der Waals surface area contributed by atoms with Gasteiger partial charge < -0.3 is 14.6 Å². The van der Waals surface area contributed by atoms with Gasteiger partial charge in [-0.15, -0.1) is 6.58 Å². The number of nitrogens with one attached hydrogen (secondary N) is 1. The lowest BCUT2D eigenvalue weighted by Gasteiger charge is -2.61. The maximum atomic E-state index is 13.3. The fraction of sp³-hybridized carbons (Fsp3) is 0.792. The molecule has 3 rings (SSSR count). The van der Waals surface area contributed by atoms with E-state index < -0.39 is 46.0 Å². The quantitative estimate of drug-likeness (QED) is 0.587. The summed E-state index contributed by atoms with van der Waals surface area (Å²) in [5, 5.41) is 13.5. The number of hydrogen-bond acceptors (Lipinski definition) is 7. The number of rotatable bonds is 4. The van der Waals surface area contributed by atoms with Crippen LogP contribution in [0.25, 0.3) is 0 Å². The van der Waals surface area contributed by atoms with E-state index in [1.165, 1.54) is 6.26 Å². The number of imide groups is 1. The highest BCUT2D eigenvalue weighted by atomic mass is 32.2. The van der Waals surface area contributed by atoms with Crippen LogP contribution >= 0.6 is 0 Å². The highest BCUT2D eigenvalue weighted by Crippen LogP contribution is 2.67. The maximum Gasteiger partial charge on any atom is 0.417 e. The van der Waals surface area contributed by atoms with Crippen molar-refractivity contribution in [2.75, 3.05) is 12.2 Å². The minimum Gasteiger partial charge on any atom is -0.445 e. The van der Waals surface area contributed by atoms with Crippen LogP contribution < -0.4 is 5.32 Å². The summed E-state index contributed by atoms with van der Waals surface area (Å²) in [6.45, 7) is 12.0.